The van der Waals surface area contributed by atoms with Gasteiger partial charge >= 0.3 is 6.18 Å². The minimum absolute atomic E-state index is 0.0278. The van der Waals surface area contributed by atoms with Crippen molar-refractivity contribution in [3.8, 4) is 22.8 Å². The molecule has 4 rings (SSSR count). The number of nitrogen functional groups attached to an aromatic ring is 1. The van der Waals surface area contributed by atoms with Crippen LogP contribution in [0, 0.1) is 0 Å². The molecule has 1 aromatic heterocycles. The maximum absolute atomic E-state index is 13.8. The zero-order valence-electron chi connectivity index (χ0n) is 13.1. The number of nitrogens with one attached hydrogen (secondary N) is 1. The van der Waals surface area contributed by atoms with Crippen LogP contribution in [0.3, 0.4) is 0 Å². The van der Waals surface area contributed by atoms with Gasteiger partial charge in [-0.15, -0.1) is 0 Å². The van der Waals surface area contributed by atoms with E-state index in [2.05, 4.69) is 15.3 Å². The van der Waals surface area contributed by atoms with Crippen molar-refractivity contribution < 1.29 is 22.6 Å². The first-order chi connectivity index (χ1) is 11.9. The van der Waals surface area contributed by atoms with Crippen LogP contribution in [0.4, 0.5) is 24.9 Å². The summed E-state index contributed by atoms with van der Waals surface area (Å²) < 4.78 is 51.7. The summed E-state index contributed by atoms with van der Waals surface area (Å²) >= 11 is 0. The van der Waals surface area contributed by atoms with Crippen LogP contribution in [0.5, 0.6) is 11.5 Å². The number of alkyl halides is 3. The monoisotopic (exact) mass is 352 g/mol. The number of ether oxygens (including phenoxy) is 2. The Labute approximate surface area is 141 Å². The van der Waals surface area contributed by atoms with Gasteiger partial charge in [0, 0.05) is 11.6 Å². The highest BCUT2D eigenvalue weighted by Crippen LogP contribution is 2.43. The molecular formula is C16H15F3N4O2. The van der Waals surface area contributed by atoms with E-state index in [-0.39, 0.29) is 35.9 Å². The number of aromatic nitrogens is 2. The summed E-state index contributed by atoms with van der Waals surface area (Å²) in [5.41, 5.74) is 4.71. The largest absolute Gasteiger partial charge is 0.454 e. The normalized spacial score (nSPS) is 16.6. The Morgan fingerprint density at radius 1 is 1.12 bits per heavy atom. The van der Waals surface area contributed by atoms with Crippen molar-refractivity contribution in [2.45, 2.75) is 31.5 Å². The molecule has 0 atom stereocenters. The molecule has 6 nitrogen and oxygen atoms in total. The number of hydrogen-bond donors (Lipinski definition) is 2. The molecule has 1 saturated carbocycles. The lowest BCUT2D eigenvalue weighted by atomic mass is 9.93. The number of rotatable bonds is 3. The first-order valence-electron chi connectivity index (χ1n) is 7.83. The molecule has 2 heterocycles. The third-order valence-electron chi connectivity index (χ3n) is 4.30. The Hall–Kier alpha value is -2.71. The molecule has 0 bridgehead atoms. The summed E-state index contributed by atoms with van der Waals surface area (Å²) in [6.07, 6.45) is -2.04. The second-order valence-electron chi connectivity index (χ2n) is 5.99. The number of anilines is 2. The average molecular weight is 352 g/mol. The molecule has 0 amide bonds. The number of nitrogens with two attached hydrogens (primary N) is 1. The van der Waals surface area contributed by atoms with Crippen molar-refractivity contribution in [2.24, 2.45) is 0 Å². The summed E-state index contributed by atoms with van der Waals surface area (Å²) in [5.74, 6) is 0.350. The number of fused-ring (bicyclic) bond motifs is 1. The van der Waals surface area contributed by atoms with Crippen molar-refractivity contribution in [1.29, 1.82) is 0 Å². The smallest absolute Gasteiger partial charge is 0.422 e. The van der Waals surface area contributed by atoms with Crippen molar-refractivity contribution in [2.75, 3.05) is 17.8 Å². The molecule has 2 aromatic rings. The minimum Gasteiger partial charge on any atom is -0.454 e. The third kappa shape index (κ3) is 2.90. The van der Waals surface area contributed by atoms with E-state index in [0.29, 0.717) is 11.5 Å². The van der Waals surface area contributed by atoms with Gasteiger partial charge in [-0.05, 0) is 37.5 Å². The minimum atomic E-state index is -4.63. The van der Waals surface area contributed by atoms with E-state index in [0.717, 1.165) is 19.3 Å². The number of benzene rings is 1. The average Bonchev–Trinajstić information content (AvgIpc) is 2.96. The van der Waals surface area contributed by atoms with Crippen LogP contribution in [0.2, 0.25) is 0 Å². The molecule has 0 saturated heterocycles. The maximum Gasteiger partial charge on any atom is 0.422 e. The fourth-order valence-electron chi connectivity index (χ4n) is 2.85. The van der Waals surface area contributed by atoms with Crippen LogP contribution in [0.15, 0.2) is 18.2 Å². The topological polar surface area (TPSA) is 82.3 Å². The van der Waals surface area contributed by atoms with E-state index in [4.69, 9.17) is 15.2 Å². The zero-order chi connectivity index (χ0) is 17.6. The second-order valence-corrected chi connectivity index (χ2v) is 5.99. The summed E-state index contributed by atoms with van der Waals surface area (Å²) in [4.78, 5) is 7.66. The Balaban J connectivity index is 1.85. The van der Waals surface area contributed by atoms with E-state index in [1.807, 2.05) is 0 Å². The standard InChI is InChI=1S/C16H15F3N4O2/c17-16(18,19)12-13(8-4-5-10-11(6-8)25-7-24-10)22-15(20)23-14(12)21-9-2-1-3-9/h4-6,9H,1-3,7H2,(H3,20,21,22,23). The molecule has 9 heteroatoms. The van der Waals surface area contributed by atoms with Crippen molar-refractivity contribution in [3.05, 3.63) is 23.8 Å². The van der Waals surface area contributed by atoms with Gasteiger partial charge in [0.25, 0.3) is 0 Å². The quantitative estimate of drug-likeness (QED) is 0.881. The fourth-order valence-corrected chi connectivity index (χ4v) is 2.85. The molecule has 1 aromatic carbocycles. The van der Waals surface area contributed by atoms with Gasteiger partial charge in [0.2, 0.25) is 12.7 Å². The van der Waals surface area contributed by atoms with Crippen LogP contribution in [0.25, 0.3) is 11.3 Å². The van der Waals surface area contributed by atoms with E-state index < -0.39 is 11.7 Å². The first kappa shape index (κ1) is 15.8. The number of halogens is 3. The number of hydrogen-bond acceptors (Lipinski definition) is 6. The van der Waals surface area contributed by atoms with Crippen LogP contribution < -0.4 is 20.5 Å². The first-order valence-corrected chi connectivity index (χ1v) is 7.83. The zero-order valence-corrected chi connectivity index (χ0v) is 13.1. The van der Waals surface area contributed by atoms with Crippen LogP contribution in [-0.4, -0.2) is 22.8 Å². The SMILES string of the molecule is Nc1nc(NC2CCC2)c(C(F)(F)F)c(-c2ccc3c(c2)OCO3)n1. The summed E-state index contributed by atoms with van der Waals surface area (Å²) in [5, 5.41) is 2.85. The van der Waals surface area contributed by atoms with Crippen molar-refractivity contribution in [1.82, 2.24) is 9.97 Å². The maximum atomic E-state index is 13.8. The Morgan fingerprint density at radius 3 is 2.56 bits per heavy atom. The molecule has 0 unspecified atom stereocenters. The molecule has 2 aliphatic rings. The van der Waals surface area contributed by atoms with Gasteiger partial charge in [-0.2, -0.15) is 18.2 Å². The van der Waals surface area contributed by atoms with Gasteiger partial charge in [-0.3, -0.25) is 0 Å². The van der Waals surface area contributed by atoms with Crippen LogP contribution in [-0.2, 0) is 6.18 Å². The molecule has 1 aliphatic carbocycles. The van der Waals surface area contributed by atoms with E-state index in [1.165, 1.54) is 12.1 Å². The molecule has 132 valence electrons. The predicted molar refractivity (Wildman–Crippen MR) is 84.3 cm³/mol. The van der Waals surface area contributed by atoms with Crippen molar-refractivity contribution in [3.63, 3.8) is 0 Å². The van der Waals surface area contributed by atoms with E-state index in [1.54, 1.807) is 6.07 Å². The van der Waals surface area contributed by atoms with E-state index >= 15 is 0 Å². The molecule has 1 aliphatic heterocycles. The van der Waals surface area contributed by atoms with Gasteiger partial charge in [-0.25, -0.2) is 4.98 Å². The highest BCUT2D eigenvalue weighted by Gasteiger charge is 2.40. The highest BCUT2D eigenvalue weighted by atomic mass is 19.4. The lowest BCUT2D eigenvalue weighted by Crippen LogP contribution is -2.29. The second kappa shape index (κ2) is 5.68. The molecule has 0 spiro atoms. The highest BCUT2D eigenvalue weighted by molar-refractivity contribution is 5.73. The predicted octanol–water partition coefficient (Wildman–Crippen LogP) is 3.44. The van der Waals surface area contributed by atoms with Gasteiger partial charge in [0.1, 0.15) is 11.4 Å². The summed E-state index contributed by atoms with van der Waals surface area (Å²) in [6.45, 7) is 0.0330. The van der Waals surface area contributed by atoms with Crippen molar-refractivity contribution >= 4 is 11.8 Å². The summed E-state index contributed by atoms with van der Waals surface area (Å²) in [6, 6.07) is 4.49. The van der Waals surface area contributed by atoms with Gasteiger partial charge in [0.15, 0.2) is 11.5 Å². The van der Waals surface area contributed by atoms with Crippen LogP contribution in [0.1, 0.15) is 24.8 Å². The van der Waals surface area contributed by atoms with Gasteiger partial charge in [-0.1, -0.05) is 0 Å². The lowest BCUT2D eigenvalue weighted by molar-refractivity contribution is -0.136. The third-order valence-corrected chi connectivity index (χ3v) is 4.30. The number of nitrogens with zero attached hydrogens (tertiary/aromatic N) is 2. The molecule has 25 heavy (non-hydrogen) atoms. The summed E-state index contributed by atoms with van der Waals surface area (Å²) in [7, 11) is 0. The molecular weight excluding hydrogens is 337 g/mol. The Bertz CT molecular complexity index is 822. The van der Waals surface area contributed by atoms with Crippen LogP contribution >= 0.6 is 0 Å². The molecule has 0 radical (unpaired) electrons. The van der Waals surface area contributed by atoms with E-state index in [9.17, 15) is 13.2 Å². The van der Waals surface area contributed by atoms with Gasteiger partial charge < -0.3 is 20.5 Å². The molecule has 3 N–H and O–H groups in total. The van der Waals surface area contributed by atoms with Gasteiger partial charge in [0.05, 0.1) is 5.69 Å². The lowest BCUT2D eigenvalue weighted by Gasteiger charge is -2.28. The fraction of sp³-hybridized carbons (Fsp3) is 0.375. The Morgan fingerprint density at radius 2 is 1.88 bits per heavy atom. The Kier molecular flexibility index (Phi) is 3.59. The molecule has 1 fully saturated rings.